The minimum Gasteiger partial charge on any atom is -0.492 e. The highest BCUT2D eigenvalue weighted by Gasteiger charge is 2.44. The Morgan fingerprint density at radius 2 is 2.00 bits per heavy atom. The van der Waals surface area contributed by atoms with Crippen LogP contribution in [0, 0.1) is 0 Å². The number of fused-ring (bicyclic) bond motifs is 4. The summed E-state index contributed by atoms with van der Waals surface area (Å²) in [5, 5.41) is 3.39. The van der Waals surface area contributed by atoms with E-state index >= 15 is 0 Å². The number of carbonyl (C=O) groups is 1. The first-order chi connectivity index (χ1) is 8.80. The molecule has 0 radical (unpaired) electrons. The molecule has 4 rings (SSSR count). The van der Waals surface area contributed by atoms with Crippen LogP contribution in [-0.4, -0.2) is 25.7 Å². The highest BCUT2D eigenvalue weighted by molar-refractivity contribution is 5.94. The molecule has 1 N–H and O–H groups in total. The van der Waals surface area contributed by atoms with Gasteiger partial charge in [-0.1, -0.05) is 6.07 Å². The monoisotopic (exact) mass is 245 g/mol. The zero-order valence-electron chi connectivity index (χ0n) is 10.1. The van der Waals surface area contributed by atoms with Crippen LogP contribution in [0.2, 0.25) is 0 Å². The lowest BCUT2D eigenvalue weighted by Crippen LogP contribution is -2.40. The molecule has 1 aromatic carbocycles. The fourth-order valence-electron chi connectivity index (χ4n) is 3.37. The predicted molar refractivity (Wildman–Crippen MR) is 64.8 cm³/mol. The second-order valence-corrected chi connectivity index (χ2v) is 5.36. The molecule has 1 fully saturated rings. The highest BCUT2D eigenvalue weighted by Crippen LogP contribution is 2.48. The van der Waals surface area contributed by atoms with E-state index in [1.165, 1.54) is 5.56 Å². The maximum Gasteiger partial charge on any atom is 0.339 e. The average molecular weight is 245 g/mol. The van der Waals surface area contributed by atoms with Gasteiger partial charge in [-0.15, -0.1) is 0 Å². The Morgan fingerprint density at radius 1 is 1.17 bits per heavy atom. The Morgan fingerprint density at radius 3 is 2.83 bits per heavy atom. The zero-order valence-corrected chi connectivity index (χ0v) is 10.1. The molecule has 1 saturated heterocycles. The summed E-state index contributed by atoms with van der Waals surface area (Å²) in [7, 11) is 0. The molecule has 3 aliphatic rings. The van der Waals surface area contributed by atoms with Crippen molar-refractivity contribution in [2.45, 2.75) is 24.9 Å². The smallest absolute Gasteiger partial charge is 0.339 e. The Kier molecular flexibility index (Phi) is 2.01. The van der Waals surface area contributed by atoms with Gasteiger partial charge in [0.25, 0.3) is 0 Å². The molecule has 1 spiro atoms. The molecule has 4 heteroatoms. The summed E-state index contributed by atoms with van der Waals surface area (Å²) in [6.07, 6.45) is 2.21. The molecule has 3 heterocycles. The van der Waals surface area contributed by atoms with E-state index < -0.39 is 0 Å². The number of hydrogen-bond acceptors (Lipinski definition) is 4. The van der Waals surface area contributed by atoms with E-state index in [-0.39, 0.29) is 11.4 Å². The number of hydrogen-bond donors (Lipinski definition) is 1. The van der Waals surface area contributed by atoms with Crippen LogP contribution in [0.25, 0.3) is 0 Å². The maximum absolute atomic E-state index is 11.5. The van der Waals surface area contributed by atoms with Gasteiger partial charge in [-0.2, -0.15) is 0 Å². The van der Waals surface area contributed by atoms with Crippen LogP contribution in [-0.2, 0) is 16.8 Å². The molecular weight excluding hydrogens is 230 g/mol. The van der Waals surface area contributed by atoms with Crippen molar-refractivity contribution in [3.05, 3.63) is 28.8 Å². The molecule has 0 unspecified atom stereocenters. The minimum absolute atomic E-state index is 0.154. The molecular formula is C14H15NO3. The van der Waals surface area contributed by atoms with Crippen molar-refractivity contribution < 1.29 is 14.3 Å². The number of rotatable bonds is 0. The van der Waals surface area contributed by atoms with Crippen molar-refractivity contribution in [1.82, 2.24) is 5.32 Å². The second kappa shape index (κ2) is 3.48. The van der Waals surface area contributed by atoms with Gasteiger partial charge >= 0.3 is 5.97 Å². The van der Waals surface area contributed by atoms with Crippen LogP contribution in [0.1, 0.15) is 34.3 Å². The summed E-state index contributed by atoms with van der Waals surface area (Å²) in [6, 6.07) is 3.97. The third kappa shape index (κ3) is 1.21. The van der Waals surface area contributed by atoms with Gasteiger partial charge in [0.15, 0.2) is 0 Å². The number of benzene rings is 1. The van der Waals surface area contributed by atoms with Crippen LogP contribution in [0.15, 0.2) is 12.1 Å². The van der Waals surface area contributed by atoms with E-state index in [4.69, 9.17) is 9.47 Å². The standard InChI is InChI=1S/C14H15NO3/c16-13-9-1-2-11-12(10(9)7-17-13)18-8-14(11)3-5-15-6-4-14/h1-2,15H,3-8H2. The van der Waals surface area contributed by atoms with Gasteiger partial charge in [0.1, 0.15) is 12.4 Å². The van der Waals surface area contributed by atoms with E-state index in [1.807, 2.05) is 6.07 Å². The van der Waals surface area contributed by atoms with Gasteiger partial charge in [0.2, 0.25) is 0 Å². The topological polar surface area (TPSA) is 47.6 Å². The first kappa shape index (κ1) is 10.4. The van der Waals surface area contributed by atoms with E-state index in [9.17, 15) is 4.79 Å². The highest BCUT2D eigenvalue weighted by atomic mass is 16.5. The van der Waals surface area contributed by atoms with Crippen LogP contribution in [0.5, 0.6) is 5.75 Å². The fraction of sp³-hybridized carbons (Fsp3) is 0.500. The second-order valence-electron chi connectivity index (χ2n) is 5.36. The van der Waals surface area contributed by atoms with Gasteiger partial charge in [-0.3, -0.25) is 0 Å². The van der Waals surface area contributed by atoms with E-state index in [0.717, 1.165) is 43.9 Å². The van der Waals surface area contributed by atoms with Crippen molar-refractivity contribution in [1.29, 1.82) is 0 Å². The Hall–Kier alpha value is -1.55. The van der Waals surface area contributed by atoms with Crippen molar-refractivity contribution in [3.63, 3.8) is 0 Å². The van der Waals surface area contributed by atoms with E-state index in [2.05, 4.69) is 11.4 Å². The number of cyclic esters (lactones) is 1. The summed E-state index contributed by atoms with van der Waals surface area (Å²) >= 11 is 0. The molecule has 1 aromatic rings. The molecule has 94 valence electrons. The molecule has 18 heavy (non-hydrogen) atoms. The van der Waals surface area contributed by atoms with E-state index in [0.29, 0.717) is 12.2 Å². The summed E-state index contributed by atoms with van der Waals surface area (Å²) in [4.78, 5) is 11.5. The van der Waals surface area contributed by atoms with Crippen molar-refractivity contribution in [2.24, 2.45) is 0 Å². The molecule has 0 aromatic heterocycles. The Labute approximate surface area is 105 Å². The third-order valence-electron chi connectivity index (χ3n) is 4.45. The van der Waals surface area contributed by atoms with E-state index in [1.54, 1.807) is 0 Å². The first-order valence-corrected chi connectivity index (χ1v) is 6.47. The normalized spacial score (nSPS) is 23.4. The number of esters is 1. The quantitative estimate of drug-likeness (QED) is 0.701. The average Bonchev–Trinajstić information content (AvgIpc) is 2.94. The zero-order chi connectivity index (χ0) is 12.2. The van der Waals surface area contributed by atoms with Gasteiger partial charge in [0, 0.05) is 16.5 Å². The Bertz CT molecular complexity index is 532. The molecule has 0 bridgehead atoms. The molecule has 4 nitrogen and oxygen atoms in total. The molecule has 0 amide bonds. The fourth-order valence-corrected chi connectivity index (χ4v) is 3.37. The van der Waals surface area contributed by atoms with Gasteiger partial charge < -0.3 is 14.8 Å². The minimum atomic E-state index is -0.220. The van der Waals surface area contributed by atoms with Crippen molar-refractivity contribution >= 4 is 5.97 Å². The molecule has 0 atom stereocenters. The predicted octanol–water partition coefficient (Wildman–Crippen LogP) is 1.37. The summed E-state index contributed by atoms with van der Waals surface area (Å²) < 4.78 is 11.0. The maximum atomic E-state index is 11.5. The summed E-state index contributed by atoms with van der Waals surface area (Å²) in [5.74, 6) is 0.697. The summed E-state index contributed by atoms with van der Waals surface area (Å²) in [5.41, 5.74) is 3.06. The lowest BCUT2D eigenvalue weighted by atomic mass is 9.74. The molecule has 0 aliphatic carbocycles. The van der Waals surface area contributed by atoms with Gasteiger partial charge in [-0.05, 0) is 32.0 Å². The lowest BCUT2D eigenvalue weighted by Gasteiger charge is -2.32. The largest absolute Gasteiger partial charge is 0.492 e. The third-order valence-corrected chi connectivity index (χ3v) is 4.45. The number of piperidine rings is 1. The number of carbonyl (C=O) groups excluding carboxylic acids is 1. The van der Waals surface area contributed by atoms with Crippen LogP contribution >= 0.6 is 0 Å². The lowest BCUT2D eigenvalue weighted by molar-refractivity contribution is 0.0534. The SMILES string of the molecule is O=C1OCc2c1ccc1c2OCC12CCNCC2. The van der Waals surface area contributed by atoms with Crippen molar-refractivity contribution in [2.75, 3.05) is 19.7 Å². The number of ether oxygens (including phenoxy) is 2. The van der Waals surface area contributed by atoms with Crippen LogP contribution in [0.4, 0.5) is 0 Å². The number of nitrogens with one attached hydrogen (secondary N) is 1. The van der Waals surface area contributed by atoms with Gasteiger partial charge in [-0.25, -0.2) is 4.79 Å². The van der Waals surface area contributed by atoms with Crippen molar-refractivity contribution in [3.8, 4) is 5.75 Å². The van der Waals surface area contributed by atoms with Crippen LogP contribution < -0.4 is 10.1 Å². The first-order valence-electron chi connectivity index (χ1n) is 6.47. The molecule has 3 aliphatic heterocycles. The Balaban J connectivity index is 1.85. The van der Waals surface area contributed by atoms with Gasteiger partial charge in [0.05, 0.1) is 12.2 Å². The van der Waals surface area contributed by atoms with Crippen LogP contribution in [0.3, 0.4) is 0 Å². The molecule has 0 saturated carbocycles. The summed E-state index contributed by atoms with van der Waals surface area (Å²) in [6.45, 7) is 3.19.